The van der Waals surface area contributed by atoms with Gasteiger partial charge in [0.05, 0.1) is 0 Å². The van der Waals surface area contributed by atoms with E-state index in [1.54, 1.807) is 12.1 Å². The Balaban J connectivity index is 1.89. The van der Waals surface area contributed by atoms with E-state index in [1.807, 2.05) is 12.1 Å². The third-order valence-corrected chi connectivity index (χ3v) is 4.35. The summed E-state index contributed by atoms with van der Waals surface area (Å²) in [5, 5.41) is 13.1. The molecule has 0 aromatic heterocycles. The van der Waals surface area contributed by atoms with Crippen LogP contribution in [0.3, 0.4) is 0 Å². The van der Waals surface area contributed by atoms with Gasteiger partial charge in [-0.2, -0.15) is 0 Å². The van der Waals surface area contributed by atoms with E-state index in [4.69, 9.17) is 11.6 Å². The molecule has 0 bridgehead atoms. The van der Waals surface area contributed by atoms with Crippen LogP contribution >= 0.6 is 11.6 Å². The van der Waals surface area contributed by atoms with Gasteiger partial charge in [0.2, 0.25) is 0 Å². The van der Waals surface area contributed by atoms with Crippen LogP contribution in [0.1, 0.15) is 25.8 Å². The highest BCUT2D eigenvalue weighted by Gasteiger charge is 2.46. The summed E-state index contributed by atoms with van der Waals surface area (Å²) in [7, 11) is 0. The fourth-order valence-corrected chi connectivity index (χ4v) is 2.46. The number of nitrogens with one attached hydrogen (secondary N) is 1. The smallest absolute Gasteiger partial charge is 0.115 e. The lowest BCUT2D eigenvalue weighted by molar-refractivity contribution is 0.115. The standard InChI is InChI=1S/C13H18ClNO/c1-13(2)11(14)7-12(13)15-8-9-4-3-5-10(16)6-9/h3-6,11-12,15-16H,7-8H2,1-2H3. The molecule has 1 aromatic rings. The number of phenols is 1. The van der Waals surface area contributed by atoms with Crippen LogP contribution < -0.4 is 5.32 Å². The molecule has 2 unspecified atom stereocenters. The van der Waals surface area contributed by atoms with Gasteiger partial charge in [-0.05, 0) is 29.5 Å². The minimum absolute atomic E-state index is 0.165. The zero-order valence-corrected chi connectivity index (χ0v) is 10.5. The number of aromatic hydroxyl groups is 1. The van der Waals surface area contributed by atoms with E-state index in [9.17, 15) is 5.11 Å². The third kappa shape index (κ3) is 2.18. The Morgan fingerprint density at radius 3 is 2.81 bits per heavy atom. The molecule has 2 atom stereocenters. The molecule has 0 heterocycles. The average molecular weight is 240 g/mol. The van der Waals surface area contributed by atoms with Gasteiger partial charge in [0.25, 0.3) is 0 Å². The van der Waals surface area contributed by atoms with Crippen LogP contribution in [0.4, 0.5) is 0 Å². The fraction of sp³-hybridized carbons (Fsp3) is 0.538. The van der Waals surface area contributed by atoms with Gasteiger partial charge in [-0.15, -0.1) is 11.6 Å². The molecular formula is C13H18ClNO. The maximum atomic E-state index is 9.35. The molecular weight excluding hydrogens is 222 g/mol. The lowest BCUT2D eigenvalue weighted by Gasteiger charge is -2.49. The zero-order valence-electron chi connectivity index (χ0n) is 9.70. The van der Waals surface area contributed by atoms with Crippen LogP contribution in [0.25, 0.3) is 0 Å². The van der Waals surface area contributed by atoms with Crippen molar-refractivity contribution in [1.29, 1.82) is 0 Å². The number of phenolic OH excluding ortho intramolecular Hbond substituents is 1. The molecule has 2 nitrogen and oxygen atoms in total. The third-order valence-electron chi connectivity index (χ3n) is 3.61. The summed E-state index contributed by atoms with van der Waals surface area (Å²) < 4.78 is 0. The minimum Gasteiger partial charge on any atom is -0.508 e. The second-order valence-electron chi connectivity index (χ2n) is 5.13. The van der Waals surface area contributed by atoms with E-state index < -0.39 is 0 Å². The van der Waals surface area contributed by atoms with E-state index in [1.165, 1.54) is 0 Å². The van der Waals surface area contributed by atoms with Crippen molar-refractivity contribution in [2.24, 2.45) is 5.41 Å². The molecule has 1 aliphatic carbocycles. The molecule has 1 fully saturated rings. The summed E-state index contributed by atoms with van der Waals surface area (Å²) >= 11 is 6.16. The molecule has 0 saturated heterocycles. The Bertz CT molecular complexity index is 378. The van der Waals surface area contributed by atoms with Crippen molar-refractivity contribution in [2.45, 2.75) is 38.2 Å². The topological polar surface area (TPSA) is 32.3 Å². The maximum absolute atomic E-state index is 9.35. The number of hydrogen-bond donors (Lipinski definition) is 2. The number of benzene rings is 1. The largest absolute Gasteiger partial charge is 0.508 e. The van der Waals surface area contributed by atoms with Gasteiger partial charge in [0.1, 0.15) is 5.75 Å². The number of alkyl halides is 1. The molecule has 0 spiro atoms. The molecule has 2 N–H and O–H groups in total. The first-order valence-corrected chi connectivity index (χ1v) is 6.09. The predicted octanol–water partition coefficient (Wildman–Crippen LogP) is 2.89. The van der Waals surface area contributed by atoms with Crippen molar-refractivity contribution in [1.82, 2.24) is 5.32 Å². The van der Waals surface area contributed by atoms with Crippen molar-refractivity contribution in [3.63, 3.8) is 0 Å². The van der Waals surface area contributed by atoms with Crippen LogP contribution in [0.5, 0.6) is 5.75 Å². The van der Waals surface area contributed by atoms with Crippen LogP contribution in [-0.4, -0.2) is 16.5 Å². The molecule has 0 radical (unpaired) electrons. The highest BCUT2D eigenvalue weighted by atomic mass is 35.5. The fourth-order valence-electron chi connectivity index (χ4n) is 2.13. The minimum atomic E-state index is 0.165. The molecule has 1 aliphatic rings. The van der Waals surface area contributed by atoms with E-state index >= 15 is 0 Å². The molecule has 0 amide bonds. The highest BCUT2D eigenvalue weighted by molar-refractivity contribution is 6.21. The first-order chi connectivity index (χ1) is 7.50. The number of hydrogen-bond acceptors (Lipinski definition) is 2. The molecule has 16 heavy (non-hydrogen) atoms. The summed E-state index contributed by atoms with van der Waals surface area (Å²) in [5.74, 6) is 0.322. The molecule has 88 valence electrons. The Kier molecular flexibility index (Phi) is 3.13. The van der Waals surface area contributed by atoms with Crippen molar-refractivity contribution in [3.8, 4) is 5.75 Å². The van der Waals surface area contributed by atoms with Gasteiger partial charge in [-0.1, -0.05) is 26.0 Å². The Labute approximate surface area is 102 Å². The highest BCUT2D eigenvalue weighted by Crippen LogP contribution is 2.44. The van der Waals surface area contributed by atoms with Crippen LogP contribution in [-0.2, 0) is 6.54 Å². The van der Waals surface area contributed by atoms with E-state index in [-0.39, 0.29) is 10.8 Å². The Morgan fingerprint density at radius 2 is 2.25 bits per heavy atom. The summed E-state index contributed by atoms with van der Waals surface area (Å²) in [6.45, 7) is 5.16. The molecule has 1 aromatic carbocycles. The summed E-state index contributed by atoms with van der Waals surface area (Å²) in [5.41, 5.74) is 1.27. The molecule has 0 aliphatic heterocycles. The Morgan fingerprint density at radius 1 is 1.50 bits per heavy atom. The zero-order chi connectivity index (χ0) is 11.8. The van der Waals surface area contributed by atoms with Gasteiger partial charge < -0.3 is 10.4 Å². The summed E-state index contributed by atoms with van der Waals surface area (Å²) in [4.78, 5) is 0. The van der Waals surface area contributed by atoms with Gasteiger partial charge >= 0.3 is 0 Å². The van der Waals surface area contributed by atoms with Crippen molar-refractivity contribution >= 4 is 11.6 Å². The maximum Gasteiger partial charge on any atom is 0.115 e. The lowest BCUT2D eigenvalue weighted by Crippen LogP contribution is -2.57. The first kappa shape index (κ1) is 11.7. The van der Waals surface area contributed by atoms with Crippen molar-refractivity contribution in [3.05, 3.63) is 29.8 Å². The van der Waals surface area contributed by atoms with E-state index in [0.29, 0.717) is 11.8 Å². The Hall–Kier alpha value is -0.730. The van der Waals surface area contributed by atoms with Gasteiger partial charge in [-0.25, -0.2) is 0 Å². The van der Waals surface area contributed by atoms with Gasteiger partial charge in [-0.3, -0.25) is 0 Å². The average Bonchev–Trinajstić information content (AvgIpc) is 2.24. The van der Waals surface area contributed by atoms with Crippen molar-refractivity contribution in [2.75, 3.05) is 0 Å². The monoisotopic (exact) mass is 239 g/mol. The number of rotatable bonds is 3. The second-order valence-corrected chi connectivity index (χ2v) is 5.65. The summed E-state index contributed by atoms with van der Waals surface area (Å²) in [6.07, 6.45) is 1.02. The molecule has 1 saturated carbocycles. The van der Waals surface area contributed by atoms with Crippen LogP contribution in [0.15, 0.2) is 24.3 Å². The van der Waals surface area contributed by atoms with Gasteiger partial charge in [0, 0.05) is 18.0 Å². The van der Waals surface area contributed by atoms with E-state index in [0.717, 1.165) is 18.5 Å². The quantitative estimate of drug-likeness (QED) is 0.795. The van der Waals surface area contributed by atoms with Crippen LogP contribution in [0, 0.1) is 5.41 Å². The molecule has 3 heteroatoms. The lowest BCUT2D eigenvalue weighted by atomic mass is 9.67. The van der Waals surface area contributed by atoms with Crippen molar-refractivity contribution < 1.29 is 5.11 Å². The normalized spacial score (nSPS) is 27.4. The number of halogens is 1. The predicted molar refractivity (Wildman–Crippen MR) is 66.8 cm³/mol. The SMILES string of the molecule is CC1(C)C(Cl)CC1NCc1cccc(O)c1. The first-order valence-electron chi connectivity index (χ1n) is 5.65. The van der Waals surface area contributed by atoms with Gasteiger partial charge in [0.15, 0.2) is 0 Å². The van der Waals surface area contributed by atoms with Crippen LogP contribution in [0.2, 0.25) is 0 Å². The van der Waals surface area contributed by atoms with E-state index in [2.05, 4.69) is 19.2 Å². The second kappa shape index (κ2) is 4.27. The molecule has 2 rings (SSSR count). The summed E-state index contributed by atoms with van der Waals surface area (Å²) in [6, 6.07) is 7.82.